The molecule has 0 radical (unpaired) electrons. The highest BCUT2D eigenvalue weighted by Gasteiger charge is 2.21. The minimum absolute atomic E-state index is 0.706. The predicted octanol–water partition coefficient (Wildman–Crippen LogP) is 6.26. The van der Waals surface area contributed by atoms with Gasteiger partial charge in [-0.2, -0.15) is 0 Å². The molecule has 0 fully saturated rings. The summed E-state index contributed by atoms with van der Waals surface area (Å²) < 4.78 is 0. The van der Waals surface area contributed by atoms with E-state index in [1.807, 2.05) is 0 Å². The highest BCUT2D eigenvalue weighted by Crippen LogP contribution is 2.20. The van der Waals surface area contributed by atoms with Crippen LogP contribution < -0.4 is 0 Å². The molecule has 0 atom stereocenters. The van der Waals surface area contributed by atoms with Crippen LogP contribution in [0.4, 0.5) is 0 Å². The molecule has 0 aliphatic rings. The Morgan fingerprint density at radius 1 is 0.591 bits per heavy atom. The number of hydrogen-bond donors (Lipinski definition) is 0. The monoisotopic (exact) mass is 310 g/mol. The Labute approximate surface area is 138 Å². The normalized spacial score (nSPS) is 11.5. The van der Waals surface area contributed by atoms with Gasteiger partial charge in [0.05, 0.1) is 5.41 Å². The second kappa shape index (κ2) is 15.2. The van der Waals surface area contributed by atoms with Crippen molar-refractivity contribution in [3.63, 3.8) is 0 Å². The summed E-state index contributed by atoms with van der Waals surface area (Å²) >= 11 is 0. The average Bonchev–Trinajstić information content (AvgIpc) is 2.55. The first kappa shape index (κ1) is 21.3. The van der Waals surface area contributed by atoms with E-state index in [1.54, 1.807) is 6.92 Å². The lowest BCUT2D eigenvalue weighted by molar-refractivity contribution is -0.125. The second-order valence-electron chi connectivity index (χ2n) is 7.09. The van der Waals surface area contributed by atoms with Crippen molar-refractivity contribution >= 4 is 12.6 Å². The van der Waals surface area contributed by atoms with Gasteiger partial charge < -0.3 is 9.59 Å². The zero-order valence-corrected chi connectivity index (χ0v) is 15.1. The van der Waals surface area contributed by atoms with Gasteiger partial charge in [0.25, 0.3) is 0 Å². The Hall–Kier alpha value is -0.660. The molecule has 0 aliphatic carbocycles. The van der Waals surface area contributed by atoms with Crippen molar-refractivity contribution in [1.82, 2.24) is 0 Å². The lowest BCUT2D eigenvalue weighted by Crippen LogP contribution is -2.19. The minimum Gasteiger partial charge on any atom is -0.302 e. The first-order valence-corrected chi connectivity index (χ1v) is 9.61. The Balaban J connectivity index is 3.18. The van der Waals surface area contributed by atoms with Crippen LogP contribution in [0.1, 0.15) is 110 Å². The van der Waals surface area contributed by atoms with Crippen LogP contribution in [0.15, 0.2) is 0 Å². The van der Waals surface area contributed by atoms with E-state index in [1.165, 1.54) is 77.0 Å². The molecule has 0 aromatic heterocycles. The van der Waals surface area contributed by atoms with Gasteiger partial charge in [-0.05, 0) is 13.3 Å². The minimum atomic E-state index is -0.739. The fraction of sp³-hybridized carbons (Fsp3) is 0.900. The molecule has 0 spiro atoms. The molecule has 0 heterocycles. The number of carbonyl (C=O) groups excluding carboxylic acids is 2. The number of unbranched alkanes of at least 4 members (excludes halogenated alkanes) is 13. The summed E-state index contributed by atoms with van der Waals surface area (Å²) in [6.45, 7) is 4.00. The third-order valence-corrected chi connectivity index (χ3v) is 4.61. The van der Waals surface area contributed by atoms with E-state index in [2.05, 4.69) is 6.92 Å². The fourth-order valence-corrected chi connectivity index (χ4v) is 2.85. The predicted molar refractivity (Wildman–Crippen MR) is 95.2 cm³/mol. The SMILES string of the molecule is CCCCCCCCCCCCCCCCC(C)(C=O)C=O. The number of aldehydes is 2. The molecule has 0 aromatic rings. The van der Waals surface area contributed by atoms with Crippen molar-refractivity contribution in [2.45, 2.75) is 110 Å². The molecule has 0 aliphatic heterocycles. The summed E-state index contributed by atoms with van der Waals surface area (Å²) in [5.41, 5.74) is -0.739. The van der Waals surface area contributed by atoms with Gasteiger partial charge in [0.1, 0.15) is 12.6 Å². The molecular formula is C20H38O2. The molecule has 0 saturated carbocycles. The molecule has 0 saturated heterocycles. The maximum absolute atomic E-state index is 10.8. The molecule has 2 nitrogen and oxygen atoms in total. The smallest absolute Gasteiger partial charge is 0.132 e. The van der Waals surface area contributed by atoms with Gasteiger partial charge in [-0.25, -0.2) is 0 Å². The van der Waals surface area contributed by atoms with Gasteiger partial charge >= 0.3 is 0 Å². The third kappa shape index (κ3) is 13.0. The van der Waals surface area contributed by atoms with Crippen molar-refractivity contribution in [3.05, 3.63) is 0 Å². The molecule has 0 aromatic carbocycles. The molecule has 130 valence electrons. The van der Waals surface area contributed by atoms with Gasteiger partial charge in [-0.1, -0.05) is 96.8 Å². The van der Waals surface area contributed by atoms with Gasteiger partial charge in [0, 0.05) is 0 Å². The maximum Gasteiger partial charge on any atom is 0.132 e. The zero-order chi connectivity index (χ0) is 16.5. The van der Waals surface area contributed by atoms with Crippen LogP contribution in [0, 0.1) is 5.41 Å². The molecule has 22 heavy (non-hydrogen) atoms. The second-order valence-corrected chi connectivity index (χ2v) is 7.09. The summed E-state index contributed by atoms with van der Waals surface area (Å²) in [7, 11) is 0. The van der Waals surface area contributed by atoms with Crippen molar-refractivity contribution in [3.8, 4) is 0 Å². The Morgan fingerprint density at radius 3 is 1.23 bits per heavy atom. The van der Waals surface area contributed by atoms with Crippen molar-refractivity contribution in [2.24, 2.45) is 5.41 Å². The van der Waals surface area contributed by atoms with E-state index < -0.39 is 5.41 Å². The van der Waals surface area contributed by atoms with Gasteiger partial charge in [0.15, 0.2) is 0 Å². The molecule has 2 heteroatoms. The largest absolute Gasteiger partial charge is 0.302 e. The Kier molecular flexibility index (Phi) is 14.8. The lowest BCUT2D eigenvalue weighted by atomic mass is 9.88. The van der Waals surface area contributed by atoms with E-state index in [0.29, 0.717) is 6.42 Å². The van der Waals surface area contributed by atoms with E-state index in [9.17, 15) is 9.59 Å². The van der Waals surface area contributed by atoms with Crippen LogP contribution >= 0.6 is 0 Å². The maximum atomic E-state index is 10.8. The van der Waals surface area contributed by atoms with Crippen LogP contribution in [0.2, 0.25) is 0 Å². The van der Waals surface area contributed by atoms with Crippen LogP contribution in [0.3, 0.4) is 0 Å². The van der Waals surface area contributed by atoms with E-state index in [4.69, 9.17) is 0 Å². The summed E-state index contributed by atoms with van der Waals surface area (Å²) in [4.78, 5) is 21.6. The van der Waals surface area contributed by atoms with E-state index in [0.717, 1.165) is 25.4 Å². The van der Waals surface area contributed by atoms with Crippen molar-refractivity contribution < 1.29 is 9.59 Å². The molecule has 0 unspecified atom stereocenters. The fourth-order valence-electron chi connectivity index (χ4n) is 2.85. The first-order valence-electron chi connectivity index (χ1n) is 9.61. The Bertz CT molecular complexity index is 252. The molecule has 0 rings (SSSR count). The van der Waals surface area contributed by atoms with Crippen LogP contribution in [-0.2, 0) is 9.59 Å². The van der Waals surface area contributed by atoms with E-state index in [-0.39, 0.29) is 0 Å². The summed E-state index contributed by atoms with van der Waals surface area (Å²) in [6.07, 6.45) is 20.9. The number of rotatable bonds is 17. The molecule has 0 N–H and O–H groups in total. The average molecular weight is 311 g/mol. The van der Waals surface area contributed by atoms with Crippen molar-refractivity contribution in [2.75, 3.05) is 0 Å². The lowest BCUT2D eigenvalue weighted by Gasteiger charge is -2.14. The molecule has 0 bridgehead atoms. The highest BCUT2D eigenvalue weighted by atomic mass is 16.1. The van der Waals surface area contributed by atoms with Gasteiger partial charge in [-0.3, -0.25) is 0 Å². The molecule has 0 amide bonds. The first-order chi connectivity index (χ1) is 10.7. The van der Waals surface area contributed by atoms with Gasteiger partial charge in [0.2, 0.25) is 0 Å². The van der Waals surface area contributed by atoms with Gasteiger partial charge in [-0.15, -0.1) is 0 Å². The Morgan fingerprint density at radius 2 is 0.909 bits per heavy atom. The number of hydrogen-bond acceptors (Lipinski definition) is 2. The van der Waals surface area contributed by atoms with Crippen LogP contribution in [0.5, 0.6) is 0 Å². The standard InChI is InChI=1S/C20H38O2/c1-3-4-5-6-7-8-9-10-11-12-13-14-15-16-17-20(2,18-21)19-22/h18-19H,3-17H2,1-2H3. The summed E-state index contributed by atoms with van der Waals surface area (Å²) in [6, 6.07) is 0. The van der Waals surface area contributed by atoms with Crippen molar-refractivity contribution in [1.29, 1.82) is 0 Å². The van der Waals surface area contributed by atoms with Crippen LogP contribution in [-0.4, -0.2) is 12.6 Å². The number of carbonyl (C=O) groups is 2. The quantitative estimate of drug-likeness (QED) is 0.180. The van der Waals surface area contributed by atoms with E-state index >= 15 is 0 Å². The zero-order valence-electron chi connectivity index (χ0n) is 15.1. The summed E-state index contributed by atoms with van der Waals surface area (Å²) in [5.74, 6) is 0. The third-order valence-electron chi connectivity index (χ3n) is 4.61. The molecular weight excluding hydrogens is 272 g/mol. The topological polar surface area (TPSA) is 34.1 Å². The summed E-state index contributed by atoms with van der Waals surface area (Å²) in [5, 5.41) is 0. The van der Waals surface area contributed by atoms with Crippen LogP contribution in [0.25, 0.3) is 0 Å². The highest BCUT2D eigenvalue weighted by molar-refractivity contribution is 5.82.